The van der Waals surface area contributed by atoms with E-state index < -0.39 is 18.0 Å². The summed E-state index contributed by atoms with van der Waals surface area (Å²) in [7, 11) is 3.15. The van der Waals surface area contributed by atoms with Crippen LogP contribution < -0.4 is 35.5 Å². The van der Waals surface area contributed by atoms with Crippen LogP contribution in [0, 0.1) is 0 Å². The van der Waals surface area contributed by atoms with Gasteiger partial charge in [-0.3, -0.25) is 4.79 Å². The monoisotopic (exact) mass is 496 g/mol. The maximum atomic E-state index is 12.8. The van der Waals surface area contributed by atoms with Gasteiger partial charge in [0.1, 0.15) is 6.09 Å². The summed E-state index contributed by atoms with van der Waals surface area (Å²) in [5, 5.41) is 32.9. The van der Waals surface area contributed by atoms with E-state index in [2.05, 4.69) is 10.7 Å². The zero-order valence-corrected chi connectivity index (χ0v) is 19.3. The predicted octanol–water partition coefficient (Wildman–Crippen LogP) is -0.893. The van der Waals surface area contributed by atoms with E-state index >= 15 is 0 Å². The molecule has 190 valence electrons. The van der Waals surface area contributed by atoms with Crippen LogP contribution in [0.25, 0.3) is 0 Å². The minimum atomic E-state index is -1.55. The minimum Gasteiger partial charge on any atom is -0.545 e. The first-order valence-corrected chi connectivity index (χ1v) is 10.3. The second-order valence-electron chi connectivity index (χ2n) is 7.05. The molecule has 1 unspecified atom stereocenters. The van der Waals surface area contributed by atoms with Gasteiger partial charge in [-0.1, -0.05) is 12.1 Å². The van der Waals surface area contributed by atoms with Crippen LogP contribution in [0.15, 0.2) is 66.9 Å². The highest BCUT2D eigenvalue weighted by atomic mass is 16.5. The first-order chi connectivity index (χ1) is 17.1. The fraction of sp³-hybridized carbons (Fsp3) is 0.167. The number of nitrogens with zero attached hydrogens (tertiary/aromatic N) is 1. The molecule has 2 aromatic rings. The van der Waals surface area contributed by atoms with Gasteiger partial charge in [-0.05, 0) is 60.5 Å². The molecule has 36 heavy (non-hydrogen) atoms. The van der Waals surface area contributed by atoms with Crippen molar-refractivity contribution in [3.05, 3.63) is 78.0 Å². The molecule has 12 heteroatoms. The third-order valence-corrected chi connectivity index (χ3v) is 4.68. The van der Waals surface area contributed by atoms with Gasteiger partial charge in [0.15, 0.2) is 11.5 Å². The summed E-state index contributed by atoms with van der Waals surface area (Å²) in [4.78, 5) is 42.1. The summed E-state index contributed by atoms with van der Waals surface area (Å²) in [6.45, 7) is 0. The largest absolute Gasteiger partial charge is 0.545 e. The number of carbonyl (C=O) groups excluding carboxylic acids is 4. The number of methoxy groups -OCH3 is 2. The number of carbonyl (C=O) groups is 4. The molecule has 0 saturated carbocycles. The van der Waals surface area contributed by atoms with E-state index in [-0.39, 0.29) is 11.9 Å². The average Bonchev–Trinajstić information content (AvgIpc) is 2.87. The highest BCUT2D eigenvalue weighted by Crippen LogP contribution is 2.32. The summed E-state index contributed by atoms with van der Waals surface area (Å²) in [6, 6.07) is 11.6. The lowest BCUT2D eigenvalue weighted by Gasteiger charge is -2.30. The molecular weight excluding hydrogens is 474 g/mol. The van der Waals surface area contributed by atoms with E-state index in [0.717, 1.165) is 5.56 Å². The molecular formula is C24H22N3O9-3. The predicted molar refractivity (Wildman–Crippen MR) is 120 cm³/mol. The van der Waals surface area contributed by atoms with Gasteiger partial charge in [0.2, 0.25) is 0 Å². The zero-order chi connectivity index (χ0) is 26.7. The summed E-state index contributed by atoms with van der Waals surface area (Å²) in [6.07, 6.45) is 3.64. The van der Waals surface area contributed by atoms with Crippen LogP contribution in [0.1, 0.15) is 28.4 Å². The molecule has 0 bridgehead atoms. The highest BCUT2D eigenvalue weighted by molar-refractivity contribution is 5.95. The summed E-state index contributed by atoms with van der Waals surface area (Å²) in [5.41, 5.74) is 4.88. The minimum absolute atomic E-state index is 0.118. The van der Waals surface area contributed by atoms with Crippen molar-refractivity contribution >= 4 is 29.6 Å². The quantitative estimate of drug-likeness (QED) is 0.456. The number of hydrogen-bond donors (Lipinski definition) is 2. The van der Waals surface area contributed by atoms with Gasteiger partial charge in [-0.2, -0.15) is 0 Å². The van der Waals surface area contributed by atoms with Crippen LogP contribution in [-0.4, -0.2) is 43.2 Å². The Hall–Kier alpha value is -4.84. The van der Waals surface area contributed by atoms with Gasteiger partial charge >= 0.3 is 0 Å². The number of benzene rings is 2. The highest BCUT2D eigenvalue weighted by Gasteiger charge is 2.22. The van der Waals surface area contributed by atoms with E-state index in [1.165, 1.54) is 17.1 Å². The summed E-state index contributed by atoms with van der Waals surface area (Å²) < 4.78 is 10.6. The Labute approximate surface area is 206 Å². The molecule has 1 aliphatic rings. The zero-order valence-electron chi connectivity index (χ0n) is 19.3. The van der Waals surface area contributed by atoms with Crippen molar-refractivity contribution in [3.63, 3.8) is 0 Å². The second-order valence-corrected chi connectivity index (χ2v) is 7.05. The molecule has 3 rings (SSSR count). The molecule has 2 N–H and O–H groups in total. The molecule has 1 atom stereocenters. The van der Waals surface area contributed by atoms with Crippen molar-refractivity contribution in [2.75, 3.05) is 19.5 Å². The van der Waals surface area contributed by atoms with Crippen LogP contribution in [0.5, 0.6) is 11.5 Å². The van der Waals surface area contributed by atoms with Crippen molar-refractivity contribution in [1.29, 1.82) is 0 Å². The number of hydrogen-bond acceptors (Lipinski definition) is 10. The standard InChI is InChI=1S/C20H21N3O5.C4H4O4/c1-27-17-10-7-14(12-18(17)28-2)16-4-3-11-23(22-16)19(24)13-5-8-15(9-6-13)21-20(25)26;5-3(6)1-2-4(7)8/h3,5-12,16,21-22H,4H2,1-2H3,(H,25,26);1-2H,(H,5,6)(H,7,8)/p-3/b;2-1+. The van der Waals surface area contributed by atoms with Crippen molar-refractivity contribution < 1.29 is 44.0 Å². The number of hydrazine groups is 1. The fourth-order valence-electron chi connectivity index (χ4n) is 3.06. The van der Waals surface area contributed by atoms with E-state index in [0.29, 0.717) is 41.3 Å². The number of anilines is 1. The fourth-order valence-corrected chi connectivity index (χ4v) is 3.06. The third kappa shape index (κ3) is 8.18. The molecule has 0 aromatic heterocycles. The molecule has 0 aliphatic carbocycles. The lowest BCUT2D eigenvalue weighted by Crippen LogP contribution is -2.43. The summed E-state index contributed by atoms with van der Waals surface area (Å²) in [5.74, 6) is -2.11. The Morgan fingerprint density at radius 1 is 0.944 bits per heavy atom. The van der Waals surface area contributed by atoms with Crippen LogP contribution >= 0.6 is 0 Å². The van der Waals surface area contributed by atoms with Crippen molar-refractivity contribution in [2.24, 2.45) is 0 Å². The molecule has 0 fully saturated rings. The molecule has 12 nitrogen and oxygen atoms in total. The van der Waals surface area contributed by atoms with Crippen LogP contribution in [-0.2, 0) is 9.59 Å². The number of carboxylic acids is 2. The molecule has 0 saturated heterocycles. The molecule has 2 aromatic carbocycles. The van der Waals surface area contributed by atoms with Gasteiger partial charge < -0.3 is 44.5 Å². The van der Waals surface area contributed by atoms with Gasteiger partial charge in [0.25, 0.3) is 5.91 Å². The van der Waals surface area contributed by atoms with E-state index in [1.54, 1.807) is 32.6 Å². The lowest BCUT2D eigenvalue weighted by molar-refractivity contribution is -0.301. The van der Waals surface area contributed by atoms with E-state index in [4.69, 9.17) is 9.47 Å². The van der Waals surface area contributed by atoms with E-state index in [1.807, 2.05) is 24.3 Å². The Kier molecular flexibility index (Phi) is 10.0. The van der Waals surface area contributed by atoms with Crippen molar-refractivity contribution in [3.8, 4) is 11.5 Å². The second kappa shape index (κ2) is 13.2. The third-order valence-electron chi connectivity index (χ3n) is 4.68. The molecule has 0 radical (unpaired) electrons. The number of nitrogens with one attached hydrogen (secondary N) is 2. The number of ether oxygens (including phenoxy) is 2. The lowest BCUT2D eigenvalue weighted by atomic mass is 10.0. The Morgan fingerprint density at radius 2 is 1.56 bits per heavy atom. The Morgan fingerprint density at radius 3 is 2.08 bits per heavy atom. The number of amides is 2. The topological polar surface area (TPSA) is 183 Å². The number of aliphatic carboxylic acids is 2. The number of carboxylic acid groups (broad SMARTS) is 3. The van der Waals surface area contributed by atoms with E-state index in [9.17, 15) is 34.5 Å². The molecule has 0 spiro atoms. The Bertz CT molecular complexity index is 1140. The maximum Gasteiger partial charge on any atom is 0.272 e. The normalized spacial score (nSPS) is 14.4. The van der Waals surface area contributed by atoms with Gasteiger partial charge in [0.05, 0.1) is 32.2 Å². The average molecular weight is 496 g/mol. The first kappa shape index (κ1) is 27.4. The molecule has 1 heterocycles. The summed E-state index contributed by atoms with van der Waals surface area (Å²) >= 11 is 0. The van der Waals surface area contributed by atoms with Crippen molar-refractivity contribution in [1.82, 2.24) is 10.4 Å². The van der Waals surface area contributed by atoms with Crippen LogP contribution in [0.2, 0.25) is 0 Å². The molecule has 1 aliphatic heterocycles. The first-order valence-electron chi connectivity index (χ1n) is 10.3. The van der Waals surface area contributed by atoms with Gasteiger partial charge in [-0.25, -0.2) is 10.4 Å². The number of rotatable bonds is 7. The van der Waals surface area contributed by atoms with Gasteiger partial charge in [-0.15, -0.1) is 0 Å². The van der Waals surface area contributed by atoms with Gasteiger partial charge in [0, 0.05) is 17.5 Å². The SMILES string of the molecule is COc1ccc(C2CC=CN(C(=O)c3ccc(NC(=O)[O-])cc3)N2)cc1OC.O=C([O-])/C=C/C(=O)[O-]. The van der Waals surface area contributed by atoms with Crippen molar-refractivity contribution in [2.45, 2.75) is 12.5 Å². The van der Waals surface area contributed by atoms with Crippen LogP contribution in [0.4, 0.5) is 10.5 Å². The molecule has 2 amide bonds. The smallest absolute Gasteiger partial charge is 0.272 e. The maximum absolute atomic E-state index is 12.8. The van der Waals surface area contributed by atoms with Crippen LogP contribution in [0.3, 0.4) is 0 Å². The Balaban J connectivity index is 0.000000493.